The van der Waals surface area contributed by atoms with Crippen molar-refractivity contribution in [1.29, 1.82) is 0 Å². The predicted octanol–water partition coefficient (Wildman–Crippen LogP) is 1.37. The fourth-order valence-electron chi connectivity index (χ4n) is 1.71. The van der Waals surface area contributed by atoms with Crippen LogP contribution in [0, 0.1) is 10.1 Å². The van der Waals surface area contributed by atoms with Crippen molar-refractivity contribution in [2.45, 2.75) is 13.3 Å². The first kappa shape index (κ1) is 15.9. The summed E-state index contributed by atoms with van der Waals surface area (Å²) in [5.74, 6) is -0.271. The Morgan fingerprint density at radius 2 is 2.05 bits per heavy atom. The zero-order valence-electron chi connectivity index (χ0n) is 11.7. The van der Waals surface area contributed by atoms with Crippen molar-refractivity contribution >= 4 is 17.3 Å². The largest absolute Gasteiger partial charge is 0.378 e. The summed E-state index contributed by atoms with van der Waals surface area (Å²) in [7, 11) is 1.52. The van der Waals surface area contributed by atoms with E-state index in [0.29, 0.717) is 24.3 Å². The van der Waals surface area contributed by atoms with Gasteiger partial charge in [0.05, 0.1) is 4.92 Å². The Labute approximate surface area is 117 Å². The van der Waals surface area contributed by atoms with Crippen LogP contribution in [0.15, 0.2) is 18.2 Å². The number of nitrogens with one attached hydrogen (secondary N) is 3. The van der Waals surface area contributed by atoms with E-state index >= 15 is 0 Å². The molecule has 0 saturated heterocycles. The van der Waals surface area contributed by atoms with Crippen LogP contribution in [0.3, 0.4) is 0 Å². The maximum Gasteiger partial charge on any atom is 0.292 e. The third-order valence-corrected chi connectivity index (χ3v) is 2.73. The summed E-state index contributed by atoms with van der Waals surface area (Å²) < 4.78 is 0. The van der Waals surface area contributed by atoms with Crippen LogP contribution in [-0.2, 0) is 0 Å². The van der Waals surface area contributed by atoms with Gasteiger partial charge in [-0.25, -0.2) is 0 Å². The molecule has 0 heterocycles. The summed E-state index contributed by atoms with van der Waals surface area (Å²) in [5.41, 5.74) is 0.713. The van der Waals surface area contributed by atoms with Crippen LogP contribution in [0.2, 0.25) is 0 Å². The lowest BCUT2D eigenvalue weighted by molar-refractivity contribution is -0.384. The third kappa shape index (κ3) is 4.51. The number of nitro groups is 1. The van der Waals surface area contributed by atoms with Crippen molar-refractivity contribution in [2.75, 3.05) is 32.0 Å². The molecule has 1 aromatic carbocycles. The number of nitrogens with zero attached hydrogens (tertiary/aromatic N) is 1. The molecule has 1 rings (SSSR count). The van der Waals surface area contributed by atoms with Crippen molar-refractivity contribution in [1.82, 2.24) is 10.6 Å². The molecule has 0 saturated carbocycles. The monoisotopic (exact) mass is 280 g/mol. The normalized spacial score (nSPS) is 10.1. The molecule has 0 atom stereocenters. The molecule has 1 aromatic rings. The lowest BCUT2D eigenvalue weighted by Crippen LogP contribution is -2.23. The molecule has 0 aromatic heterocycles. The Hall–Kier alpha value is -2.15. The number of hydrogen-bond donors (Lipinski definition) is 3. The number of nitro benzene ring substituents is 1. The fourth-order valence-corrected chi connectivity index (χ4v) is 1.71. The van der Waals surface area contributed by atoms with Gasteiger partial charge < -0.3 is 16.0 Å². The number of amides is 1. The van der Waals surface area contributed by atoms with Gasteiger partial charge in [0.2, 0.25) is 0 Å². The summed E-state index contributed by atoms with van der Waals surface area (Å²) in [4.78, 5) is 22.0. The minimum absolute atomic E-state index is 0.0341. The van der Waals surface area contributed by atoms with Crippen LogP contribution >= 0.6 is 0 Å². The van der Waals surface area contributed by atoms with Crippen molar-refractivity contribution < 1.29 is 9.72 Å². The highest BCUT2D eigenvalue weighted by molar-refractivity contribution is 5.95. The highest BCUT2D eigenvalue weighted by Crippen LogP contribution is 2.25. The minimum Gasteiger partial charge on any atom is -0.378 e. The summed E-state index contributed by atoms with van der Waals surface area (Å²) in [6, 6.07) is 4.28. The quantitative estimate of drug-likeness (QED) is 0.379. The van der Waals surface area contributed by atoms with Gasteiger partial charge in [0.1, 0.15) is 5.69 Å². The van der Waals surface area contributed by atoms with E-state index in [-0.39, 0.29) is 11.6 Å². The zero-order chi connectivity index (χ0) is 15.0. The van der Waals surface area contributed by atoms with Gasteiger partial charge in [0, 0.05) is 31.8 Å². The van der Waals surface area contributed by atoms with Gasteiger partial charge in [-0.1, -0.05) is 6.92 Å². The Morgan fingerprint density at radius 1 is 1.30 bits per heavy atom. The second-order valence-corrected chi connectivity index (χ2v) is 4.24. The predicted molar refractivity (Wildman–Crippen MR) is 78.1 cm³/mol. The van der Waals surface area contributed by atoms with Crippen LogP contribution in [0.5, 0.6) is 0 Å². The number of benzene rings is 1. The molecular weight excluding hydrogens is 260 g/mol. The van der Waals surface area contributed by atoms with Gasteiger partial charge in [-0.05, 0) is 25.1 Å². The Kier molecular flexibility index (Phi) is 6.45. The first-order chi connectivity index (χ1) is 9.60. The first-order valence-corrected chi connectivity index (χ1v) is 6.55. The lowest BCUT2D eigenvalue weighted by Gasteiger charge is -2.09. The second kappa shape index (κ2) is 8.11. The molecule has 1 amide bonds. The molecule has 0 unspecified atom stereocenters. The molecule has 0 aliphatic heterocycles. The highest BCUT2D eigenvalue weighted by Gasteiger charge is 2.15. The van der Waals surface area contributed by atoms with Gasteiger partial charge in [0.15, 0.2) is 0 Å². The van der Waals surface area contributed by atoms with Crippen LogP contribution in [0.25, 0.3) is 0 Å². The molecule has 0 bridgehead atoms. The number of carbonyl (C=O) groups excluding carboxylic acids is 1. The highest BCUT2D eigenvalue weighted by atomic mass is 16.6. The van der Waals surface area contributed by atoms with E-state index in [0.717, 1.165) is 13.0 Å². The lowest BCUT2D eigenvalue weighted by atomic mass is 10.1. The van der Waals surface area contributed by atoms with E-state index in [1.54, 1.807) is 0 Å². The maximum absolute atomic E-state index is 11.5. The van der Waals surface area contributed by atoms with Crippen molar-refractivity contribution in [3.8, 4) is 0 Å². The van der Waals surface area contributed by atoms with Crippen molar-refractivity contribution in [3.63, 3.8) is 0 Å². The van der Waals surface area contributed by atoms with Gasteiger partial charge in [0.25, 0.3) is 11.6 Å². The van der Waals surface area contributed by atoms with E-state index in [2.05, 4.69) is 22.9 Å². The fraction of sp³-hybridized carbons (Fsp3) is 0.462. The summed E-state index contributed by atoms with van der Waals surface area (Å²) in [5, 5.41) is 19.6. The maximum atomic E-state index is 11.5. The summed E-state index contributed by atoms with van der Waals surface area (Å²) in [6.07, 6.45) is 1.03. The molecule has 0 fully saturated rings. The topological polar surface area (TPSA) is 96.3 Å². The molecule has 3 N–H and O–H groups in total. The molecule has 0 aliphatic carbocycles. The third-order valence-electron chi connectivity index (χ3n) is 2.73. The van der Waals surface area contributed by atoms with Crippen LogP contribution < -0.4 is 16.0 Å². The molecule has 7 nitrogen and oxygen atoms in total. The SMILES string of the molecule is CCCNCCNc1cc(C(=O)NC)ccc1[N+](=O)[O-]. The van der Waals surface area contributed by atoms with Crippen molar-refractivity contribution in [3.05, 3.63) is 33.9 Å². The van der Waals surface area contributed by atoms with Gasteiger partial charge in [-0.2, -0.15) is 0 Å². The van der Waals surface area contributed by atoms with E-state index < -0.39 is 4.92 Å². The van der Waals surface area contributed by atoms with E-state index in [1.807, 2.05) is 0 Å². The average molecular weight is 280 g/mol. The number of carbonyl (C=O) groups is 1. The van der Waals surface area contributed by atoms with E-state index in [9.17, 15) is 14.9 Å². The molecule has 7 heteroatoms. The Bertz CT molecular complexity index is 477. The summed E-state index contributed by atoms with van der Waals surface area (Å²) >= 11 is 0. The van der Waals surface area contributed by atoms with E-state index in [1.165, 1.54) is 25.2 Å². The molecule has 0 spiro atoms. The average Bonchev–Trinajstić information content (AvgIpc) is 2.45. The van der Waals surface area contributed by atoms with Crippen LogP contribution in [0.4, 0.5) is 11.4 Å². The number of hydrogen-bond acceptors (Lipinski definition) is 5. The Balaban J connectivity index is 2.78. The Morgan fingerprint density at radius 3 is 2.65 bits per heavy atom. The molecular formula is C13H20N4O3. The molecule has 0 radical (unpaired) electrons. The molecule has 110 valence electrons. The van der Waals surface area contributed by atoms with E-state index in [4.69, 9.17) is 0 Å². The first-order valence-electron chi connectivity index (χ1n) is 6.55. The standard InChI is InChI=1S/C13H20N4O3/c1-3-6-15-7-8-16-11-9-10(13(18)14-2)4-5-12(11)17(19)20/h4-5,9,15-16H,3,6-8H2,1-2H3,(H,14,18). The van der Waals surface area contributed by atoms with Crippen molar-refractivity contribution in [2.24, 2.45) is 0 Å². The molecule has 0 aliphatic rings. The smallest absolute Gasteiger partial charge is 0.292 e. The van der Waals surface area contributed by atoms with Gasteiger partial charge in [-0.15, -0.1) is 0 Å². The van der Waals surface area contributed by atoms with Gasteiger partial charge in [-0.3, -0.25) is 14.9 Å². The van der Waals surface area contributed by atoms with Crippen LogP contribution in [0.1, 0.15) is 23.7 Å². The number of anilines is 1. The van der Waals surface area contributed by atoms with Gasteiger partial charge >= 0.3 is 0 Å². The minimum atomic E-state index is -0.463. The zero-order valence-corrected chi connectivity index (χ0v) is 11.7. The molecule has 20 heavy (non-hydrogen) atoms. The second-order valence-electron chi connectivity index (χ2n) is 4.24. The summed E-state index contributed by atoms with van der Waals surface area (Å²) in [6.45, 7) is 4.23. The number of rotatable bonds is 8. The van der Waals surface area contributed by atoms with Crippen LogP contribution in [-0.4, -0.2) is 37.5 Å².